The quantitative estimate of drug-likeness (QED) is 0.597. The third-order valence-corrected chi connectivity index (χ3v) is 0.666. The normalized spacial score (nSPS) is 9.33. The van der Waals surface area contributed by atoms with E-state index in [0.717, 1.165) is 6.26 Å². The van der Waals surface area contributed by atoms with Crippen molar-refractivity contribution in [1.29, 1.82) is 0 Å². The number of carboxylic acids is 1. The van der Waals surface area contributed by atoms with E-state index >= 15 is 0 Å². The number of rotatable bonds is 1. The number of carboxylic acid groups (broad SMARTS) is 1. The summed E-state index contributed by atoms with van der Waals surface area (Å²) in [5.41, 5.74) is 0. The summed E-state index contributed by atoms with van der Waals surface area (Å²) < 4.78 is 4.20. The number of nitrogens with zero attached hydrogens (tertiary/aromatic N) is 1. The van der Waals surface area contributed by atoms with Crippen molar-refractivity contribution in [2.45, 2.75) is 0 Å². The Bertz CT molecular complexity index is 228. The summed E-state index contributed by atoms with van der Waals surface area (Å²) in [6.07, 6.45) is 0.740. The Kier molecular flexibility index (Phi) is 1.11. The molecule has 0 unspecified atom stereocenters. The Morgan fingerprint density at radius 1 is 1.78 bits per heavy atom. The second kappa shape index (κ2) is 1.77. The van der Waals surface area contributed by atoms with Gasteiger partial charge in [-0.3, -0.25) is 5.11 Å². The summed E-state index contributed by atoms with van der Waals surface area (Å²) in [5.74, 6) is -2.58. The third-order valence-electron chi connectivity index (χ3n) is 0.666. The van der Waals surface area contributed by atoms with Crippen molar-refractivity contribution in [3.05, 3.63) is 12.2 Å². The summed E-state index contributed by atoms with van der Waals surface area (Å²) >= 11 is 0. The summed E-state index contributed by atoms with van der Waals surface area (Å²) in [5, 5.41) is 18.2. The van der Waals surface area contributed by atoms with Crippen molar-refractivity contribution in [2.75, 3.05) is 0 Å². The zero-order valence-electron chi connectivity index (χ0n) is 4.20. The number of aromatic carboxylic acids is 1. The van der Waals surface area contributed by atoms with E-state index in [1.807, 2.05) is 0 Å². The third kappa shape index (κ3) is 0.987. The van der Waals surface area contributed by atoms with Gasteiger partial charge >= 0.3 is 17.7 Å². The standard InChI is InChI=1S/C4H2NO4/c6-2-1-9-3(5-2)4(7)8/h1H,(H,7,8). The van der Waals surface area contributed by atoms with Gasteiger partial charge in [0.25, 0.3) is 0 Å². The molecule has 1 radical (unpaired) electrons. The largest absolute Gasteiger partial charge is 0.474 e. The lowest BCUT2D eigenvalue weighted by atomic mass is 10.7. The average molecular weight is 128 g/mol. The highest BCUT2D eigenvalue weighted by atomic mass is 16.4. The highest BCUT2D eigenvalue weighted by Crippen LogP contribution is 2.07. The molecule has 1 rings (SSSR count). The predicted molar refractivity (Wildman–Crippen MR) is 23.6 cm³/mol. The molecular weight excluding hydrogens is 126 g/mol. The van der Waals surface area contributed by atoms with Crippen LogP contribution in [0.4, 0.5) is 0 Å². The molecule has 47 valence electrons. The van der Waals surface area contributed by atoms with Crippen LogP contribution in [-0.2, 0) is 5.11 Å². The van der Waals surface area contributed by atoms with E-state index in [1.165, 1.54) is 0 Å². The van der Waals surface area contributed by atoms with Gasteiger partial charge in [-0.1, -0.05) is 0 Å². The predicted octanol–water partition coefficient (Wildman–Crippen LogP) is 0.517. The van der Waals surface area contributed by atoms with Crippen LogP contribution in [-0.4, -0.2) is 16.1 Å². The number of hydrogen-bond donors (Lipinski definition) is 1. The van der Waals surface area contributed by atoms with E-state index < -0.39 is 17.7 Å². The lowest BCUT2D eigenvalue weighted by Gasteiger charge is -1.76. The summed E-state index contributed by atoms with van der Waals surface area (Å²) in [7, 11) is 0. The van der Waals surface area contributed by atoms with Crippen LogP contribution >= 0.6 is 0 Å². The molecule has 1 aromatic heterocycles. The first kappa shape index (κ1) is 5.61. The number of aromatic nitrogens is 1. The van der Waals surface area contributed by atoms with Crippen molar-refractivity contribution in [1.82, 2.24) is 4.98 Å². The number of hydrogen-bond acceptors (Lipinski definition) is 3. The van der Waals surface area contributed by atoms with E-state index in [-0.39, 0.29) is 0 Å². The maximum Gasteiger partial charge on any atom is 0.392 e. The SMILES string of the molecule is [O]c1coc(C(=O)O)n1. The molecule has 0 bridgehead atoms. The minimum atomic E-state index is -1.34. The summed E-state index contributed by atoms with van der Waals surface area (Å²) in [6.45, 7) is 0. The Hall–Kier alpha value is -1.52. The fourth-order valence-electron chi connectivity index (χ4n) is 0.357. The summed E-state index contributed by atoms with van der Waals surface area (Å²) in [6, 6.07) is 0. The topological polar surface area (TPSA) is 83.2 Å². The first-order chi connectivity index (χ1) is 4.20. The van der Waals surface area contributed by atoms with Gasteiger partial charge in [0.15, 0.2) is 6.26 Å². The van der Waals surface area contributed by atoms with Crippen molar-refractivity contribution < 1.29 is 19.4 Å². The fraction of sp³-hybridized carbons (Fsp3) is 0. The van der Waals surface area contributed by atoms with E-state index in [9.17, 15) is 9.90 Å². The maximum atomic E-state index is 10.1. The Balaban J connectivity index is 2.98. The molecule has 5 heteroatoms. The lowest BCUT2D eigenvalue weighted by Crippen LogP contribution is -1.94. The molecule has 0 aliphatic rings. The molecule has 1 N–H and O–H groups in total. The maximum absolute atomic E-state index is 10.1. The first-order valence-electron chi connectivity index (χ1n) is 2.06. The van der Waals surface area contributed by atoms with Gasteiger partial charge in [-0.15, -0.1) is 0 Å². The molecule has 0 fully saturated rings. The molecular formula is C4H2NO4. The number of oxazole rings is 1. The smallest absolute Gasteiger partial charge is 0.392 e. The molecule has 1 aromatic rings. The Labute approximate surface area is 49.6 Å². The molecule has 0 spiro atoms. The van der Waals surface area contributed by atoms with Crippen molar-refractivity contribution in [3.63, 3.8) is 0 Å². The minimum Gasteiger partial charge on any atom is -0.474 e. The Morgan fingerprint density at radius 2 is 2.44 bits per heavy atom. The first-order valence-corrected chi connectivity index (χ1v) is 2.06. The van der Waals surface area contributed by atoms with E-state index in [1.54, 1.807) is 0 Å². The van der Waals surface area contributed by atoms with E-state index in [4.69, 9.17) is 5.11 Å². The van der Waals surface area contributed by atoms with Crippen LogP contribution in [0, 0.1) is 0 Å². The van der Waals surface area contributed by atoms with Gasteiger partial charge in [0, 0.05) is 0 Å². The molecule has 5 nitrogen and oxygen atoms in total. The van der Waals surface area contributed by atoms with Crippen LogP contribution in [0.5, 0.6) is 5.88 Å². The van der Waals surface area contributed by atoms with Gasteiger partial charge in [-0.05, 0) is 0 Å². The monoisotopic (exact) mass is 128 g/mol. The number of carbonyl (C=O) groups is 1. The molecule has 0 atom stereocenters. The minimum absolute atomic E-state index is 0.569. The van der Waals surface area contributed by atoms with Crippen LogP contribution in [0.25, 0.3) is 0 Å². The zero-order chi connectivity index (χ0) is 6.85. The van der Waals surface area contributed by atoms with Crippen molar-refractivity contribution in [2.24, 2.45) is 0 Å². The van der Waals surface area contributed by atoms with Crippen LogP contribution in [0.15, 0.2) is 10.7 Å². The van der Waals surface area contributed by atoms with E-state index in [0.29, 0.717) is 0 Å². The van der Waals surface area contributed by atoms with Crippen molar-refractivity contribution in [3.8, 4) is 5.88 Å². The van der Waals surface area contributed by atoms with Crippen LogP contribution < -0.4 is 0 Å². The highest BCUT2D eigenvalue weighted by molar-refractivity contribution is 5.82. The molecule has 9 heavy (non-hydrogen) atoms. The van der Waals surface area contributed by atoms with Gasteiger partial charge in [0.2, 0.25) is 0 Å². The van der Waals surface area contributed by atoms with Crippen LogP contribution in [0.2, 0.25) is 0 Å². The van der Waals surface area contributed by atoms with Gasteiger partial charge < -0.3 is 9.52 Å². The van der Waals surface area contributed by atoms with Gasteiger partial charge in [0.1, 0.15) is 0 Å². The molecule has 0 saturated carbocycles. The van der Waals surface area contributed by atoms with Crippen molar-refractivity contribution >= 4 is 5.97 Å². The molecule has 0 amide bonds. The van der Waals surface area contributed by atoms with Crippen LogP contribution in [0.1, 0.15) is 10.7 Å². The summed E-state index contributed by atoms with van der Waals surface area (Å²) in [4.78, 5) is 12.9. The molecule has 0 aliphatic carbocycles. The Morgan fingerprint density at radius 3 is 2.67 bits per heavy atom. The molecule has 1 heterocycles. The van der Waals surface area contributed by atoms with Gasteiger partial charge in [0.05, 0.1) is 0 Å². The highest BCUT2D eigenvalue weighted by Gasteiger charge is 2.10. The molecule has 0 aromatic carbocycles. The van der Waals surface area contributed by atoms with E-state index in [2.05, 4.69) is 9.40 Å². The average Bonchev–Trinajstić information content (AvgIpc) is 2.14. The second-order valence-electron chi connectivity index (χ2n) is 1.30. The van der Waals surface area contributed by atoms with Gasteiger partial charge in [-0.25, -0.2) is 4.79 Å². The zero-order valence-corrected chi connectivity index (χ0v) is 4.20. The molecule has 0 aliphatic heterocycles. The fourth-order valence-corrected chi connectivity index (χ4v) is 0.357. The van der Waals surface area contributed by atoms with Crippen LogP contribution in [0.3, 0.4) is 0 Å². The molecule has 0 saturated heterocycles. The lowest BCUT2D eigenvalue weighted by molar-refractivity contribution is 0.0653. The second-order valence-corrected chi connectivity index (χ2v) is 1.30. The van der Waals surface area contributed by atoms with Gasteiger partial charge in [-0.2, -0.15) is 4.98 Å².